The van der Waals surface area contributed by atoms with Gasteiger partial charge in [0, 0.05) is 23.5 Å². The maximum atomic E-state index is 13.6. The highest BCUT2D eigenvalue weighted by Crippen LogP contribution is 2.38. The molecule has 1 aliphatic rings. The SMILES string of the molecule is O=C(O)CCNC(=O)c1ccc(CN(C(=O)Nc2ccc(N([O-])O)c(C(F)(F)F)c2)c2ccc(C3=CCCCC3)cc2)cc1. The molecular formula is C31H30F3N4O6-. The number of alkyl halides is 3. The van der Waals surface area contributed by atoms with Crippen molar-refractivity contribution in [2.75, 3.05) is 22.0 Å². The number of carboxylic acids is 1. The molecule has 0 bridgehead atoms. The Hall–Kier alpha value is -4.88. The minimum atomic E-state index is -4.98. The van der Waals surface area contributed by atoms with Crippen LogP contribution in [0, 0.1) is 5.21 Å². The molecule has 1 aliphatic carbocycles. The lowest BCUT2D eigenvalue weighted by atomic mass is 9.93. The molecule has 0 heterocycles. The molecule has 0 spiro atoms. The first-order valence-electron chi connectivity index (χ1n) is 13.8. The standard InChI is InChI=1S/C31H30F3N4O6/c32-31(33,34)26-18-24(12-15-27(26)38(43)44)36-30(42)37(25-13-10-22(11-14-25)21-4-2-1-3-5-21)19-20-6-8-23(9-7-20)29(41)35-17-16-28(39)40/h4,6-15,18,43H,1-3,5,16-17,19H2,(H,35,41)(H,36,42)(H,39,40)/q-1. The molecule has 0 unspecified atom stereocenters. The average molecular weight is 612 g/mol. The summed E-state index contributed by atoms with van der Waals surface area (Å²) in [6.45, 7) is -0.0665. The lowest BCUT2D eigenvalue weighted by Crippen LogP contribution is -2.34. The van der Waals surface area contributed by atoms with Crippen molar-refractivity contribution in [3.8, 4) is 0 Å². The third-order valence-corrected chi connectivity index (χ3v) is 7.03. The Morgan fingerprint density at radius 1 is 0.955 bits per heavy atom. The van der Waals surface area contributed by atoms with Gasteiger partial charge in [-0.3, -0.25) is 19.7 Å². The van der Waals surface area contributed by atoms with E-state index in [4.69, 9.17) is 10.3 Å². The van der Waals surface area contributed by atoms with E-state index in [-0.39, 0.29) is 30.8 Å². The maximum absolute atomic E-state index is 13.6. The van der Waals surface area contributed by atoms with E-state index in [9.17, 15) is 32.8 Å². The minimum Gasteiger partial charge on any atom is -0.733 e. The van der Waals surface area contributed by atoms with Crippen molar-refractivity contribution < 1.29 is 37.9 Å². The molecule has 0 atom stereocenters. The smallest absolute Gasteiger partial charge is 0.418 e. The Morgan fingerprint density at radius 3 is 2.25 bits per heavy atom. The summed E-state index contributed by atoms with van der Waals surface area (Å²) >= 11 is 0. The van der Waals surface area contributed by atoms with Crippen molar-refractivity contribution in [1.82, 2.24) is 5.32 Å². The third-order valence-electron chi connectivity index (χ3n) is 7.03. The van der Waals surface area contributed by atoms with E-state index in [2.05, 4.69) is 16.7 Å². The van der Waals surface area contributed by atoms with Crippen LogP contribution < -0.4 is 20.8 Å². The fourth-order valence-corrected chi connectivity index (χ4v) is 4.76. The molecule has 0 aliphatic heterocycles. The van der Waals surface area contributed by atoms with Gasteiger partial charge in [-0.25, -0.2) is 4.79 Å². The first kappa shape index (κ1) is 32.0. The molecule has 3 aromatic carbocycles. The normalized spacial score (nSPS) is 13.1. The van der Waals surface area contributed by atoms with Gasteiger partial charge in [-0.15, -0.1) is 0 Å². The lowest BCUT2D eigenvalue weighted by molar-refractivity contribution is -0.138. The summed E-state index contributed by atoms with van der Waals surface area (Å²) in [5.74, 6) is -1.52. The van der Waals surface area contributed by atoms with Gasteiger partial charge in [0.2, 0.25) is 0 Å². The molecule has 3 amide bonds. The van der Waals surface area contributed by atoms with Gasteiger partial charge < -0.3 is 26.2 Å². The molecule has 0 saturated carbocycles. The van der Waals surface area contributed by atoms with Gasteiger partial charge in [0.25, 0.3) is 5.91 Å². The number of hydrogen-bond acceptors (Lipinski definition) is 6. The van der Waals surface area contributed by atoms with Gasteiger partial charge in [-0.2, -0.15) is 13.2 Å². The van der Waals surface area contributed by atoms with Crippen molar-refractivity contribution in [2.45, 2.75) is 44.8 Å². The molecule has 0 saturated heterocycles. The second-order valence-electron chi connectivity index (χ2n) is 10.1. The minimum absolute atomic E-state index is 0.0238. The number of amides is 3. The molecule has 4 N–H and O–H groups in total. The van der Waals surface area contributed by atoms with Crippen LogP contribution in [-0.2, 0) is 17.5 Å². The molecule has 0 radical (unpaired) electrons. The lowest BCUT2D eigenvalue weighted by Gasteiger charge is -2.27. The summed E-state index contributed by atoms with van der Waals surface area (Å²) in [6.07, 6.45) is 1.10. The summed E-state index contributed by atoms with van der Waals surface area (Å²) in [7, 11) is 0. The van der Waals surface area contributed by atoms with Crippen molar-refractivity contribution in [3.63, 3.8) is 0 Å². The number of hydrogen-bond donors (Lipinski definition) is 4. The number of aliphatic carboxylic acids is 1. The highest BCUT2D eigenvalue weighted by molar-refractivity contribution is 6.02. The van der Waals surface area contributed by atoms with Crippen LogP contribution >= 0.6 is 0 Å². The number of anilines is 3. The predicted octanol–water partition coefficient (Wildman–Crippen LogP) is 6.80. The first-order valence-corrected chi connectivity index (χ1v) is 13.8. The van der Waals surface area contributed by atoms with E-state index in [0.29, 0.717) is 17.3 Å². The number of allylic oxidation sites excluding steroid dienone is 2. The van der Waals surface area contributed by atoms with Gasteiger partial charge in [0.15, 0.2) is 0 Å². The van der Waals surface area contributed by atoms with E-state index in [1.807, 2.05) is 12.1 Å². The molecule has 0 fully saturated rings. The number of nitrogens with one attached hydrogen (secondary N) is 2. The molecule has 10 nitrogen and oxygen atoms in total. The molecule has 232 valence electrons. The van der Waals surface area contributed by atoms with Crippen LogP contribution in [-0.4, -0.2) is 34.8 Å². The monoisotopic (exact) mass is 611 g/mol. The van der Waals surface area contributed by atoms with Gasteiger partial charge in [-0.05, 0) is 84.8 Å². The largest absolute Gasteiger partial charge is 0.733 e. The number of carbonyl (C=O) groups is 3. The number of nitrogens with zero attached hydrogens (tertiary/aromatic N) is 2. The quantitative estimate of drug-likeness (QED) is 0.185. The predicted molar refractivity (Wildman–Crippen MR) is 158 cm³/mol. The van der Waals surface area contributed by atoms with Crippen LogP contribution in [0.2, 0.25) is 0 Å². The number of urea groups is 1. The number of halogens is 3. The van der Waals surface area contributed by atoms with E-state index in [1.165, 1.54) is 22.6 Å². The molecule has 3 aromatic rings. The zero-order valence-electron chi connectivity index (χ0n) is 23.4. The van der Waals surface area contributed by atoms with Gasteiger partial charge in [-0.1, -0.05) is 30.3 Å². The number of carboxylic acid groups (broad SMARTS) is 1. The van der Waals surface area contributed by atoms with Gasteiger partial charge in [0.05, 0.1) is 24.2 Å². The van der Waals surface area contributed by atoms with Crippen LogP contribution in [0.4, 0.5) is 35.0 Å². The summed E-state index contributed by atoms with van der Waals surface area (Å²) in [4.78, 5) is 37.8. The molecule has 0 aromatic heterocycles. The van der Waals surface area contributed by atoms with Crippen molar-refractivity contribution in [2.24, 2.45) is 0 Å². The topological polar surface area (TPSA) is 145 Å². The van der Waals surface area contributed by atoms with Gasteiger partial charge in [0.1, 0.15) is 0 Å². The van der Waals surface area contributed by atoms with E-state index < -0.39 is 40.6 Å². The van der Waals surface area contributed by atoms with Crippen molar-refractivity contribution >= 4 is 40.5 Å². The zero-order chi connectivity index (χ0) is 31.9. The fraction of sp³-hybridized carbons (Fsp3) is 0.258. The Kier molecular flexibility index (Phi) is 10.2. The van der Waals surface area contributed by atoms with Crippen molar-refractivity contribution in [3.05, 3.63) is 100 Å². The summed E-state index contributed by atoms with van der Waals surface area (Å²) in [5, 5.41) is 33.2. The maximum Gasteiger partial charge on any atom is 0.418 e. The molecule has 4 rings (SSSR count). The fourth-order valence-electron chi connectivity index (χ4n) is 4.76. The molecule has 13 heteroatoms. The third kappa shape index (κ3) is 8.36. The van der Waals surface area contributed by atoms with E-state index in [1.54, 1.807) is 24.3 Å². The second kappa shape index (κ2) is 14.1. The molecular weight excluding hydrogens is 581 g/mol. The van der Waals surface area contributed by atoms with Crippen LogP contribution in [0.25, 0.3) is 5.57 Å². The average Bonchev–Trinajstić information content (AvgIpc) is 3.00. The highest BCUT2D eigenvalue weighted by atomic mass is 19.4. The van der Waals surface area contributed by atoms with Crippen LogP contribution in [0.1, 0.15) is 59.2 Å². The van der Waals surface area contributed by atoms with Gasteiger partial charge >= 0.3 is 18.2 Å². The number of benzene rings is 3. The van der Waals surface area contributed by atoms with E-state index in [0.717, 1.165) is 43.4 Å². The summed E-state index contributed by atoms with van der Waals surface area (Å²) < 4.78 is 40.7. The number of carbonyl (C=O) groups excluding carboxylic acids is 2. The Labute approximate surface area is 250 Å². The summed E-state index contributed by atoms with van der Waals surface area (Å²) in [5.41, 5.74) is 0.817. The zero-order valence-corrected chi connectivity index (χ0v) is 23.4. The van der Waals surface area contributed by atoms with Crippen LogP contribution in [0.15, 0.2) is 72.8 Å². The number of rotatable bonds is 10. The Morgan fingerprint density at radius 2 is 1.66 bits per heavy atom. The van der Waals surface area contributed by atoms with E-state index >= 15 is 0 Å². The van der Waals surface area contributed by atoms with Crippen LogP contribution in [0.3, 0.4) is 0 Å². The highest BCUT2D eigenvalue weighted by Gasteiger charge is 2.34. The van der Waals surface area contributed by atoms with Crippen molar-refractivity contribution in [1.29, 1.82) is 0 Å². The second-order valence-corrected chi connectivity index (χ2v) is 10.1. The Bertz CT molecular complexity index is 1520. The first-order chi connectivity index (χ1) is 20.9. The Balaban J connectivity index is 1.59. The van der Waals surface area contributed by atoms with Crippen LogP contribution in [0.5, 0.6) is 0 Å². The summed E-state index contributed by atoms with van der Waals surface area (Å²) in [6, 6.07) is 15.1. The molecule has 44 heavy (non-hydrogen) atoms.